The predicted molar refractivity (Wildman–Crippen MR) is 90.0 cm³/mol. The molecule has 1 N–H and O–H groups in total. The Morgan fingerprint density at radius 3 is 2.33 bits per heavy atom. The van der Waals surface area contributed by atoms with Crippen LogP contribution in [0.1, 0.15) is 26.7 Å². The Kier molecular flexibility index (Phi) is 6.34. The number of aliphatic hydroxyl groups is 1. The van der Waals surface area contributed by atoms with E-state index in [4.69, 9.17) is 23.7 Å². The molecule has 10 nitrogen and oxygen atoms in total. The van der Waals surface area contributed by atoms with Gasteiger partial charge >= 0.3 is 0 Å². The van der Waals surface area contributed by atoms with Gasteiger partial charge in [0.15, 0.2) is 18.9 Å². The zero-order valence-corrected chi connectivity index (χ0v) is 16.1. The van der Waals surface area contributed by atoms with Gasteiger partial charge in [-0.3, -0.25) is 9.59 Å². The van der Waals surface area contributed by atoms with E-state index < -0.39 is 30.9 Å². The molecule has 3 fully saturated rings. The maximum absolute atomic E-state index is 12.3. The van der Waals surface area contributed by atoms with Crippen molar-refractivity contribution in [2.45, 2.75) is 70.0 Å². The van der Waals surface area contributed by atoms with Crippen molar-refractivity contribution in [3.63, 3.8) is 0 Å². The van der Waals surface area contributed by atoms with Crippen LogP contribution in [-0.4, -0.2) is 97.4 Å². The molecular weight excluding hydrogens is 360 g/mol. The SMILES string of the molecule is CCC(=O)N(C)CN(C)C(=O)CC1OC2OC(C3COC(C)O3)C(O)C2O1. The molecule has 0 aromatic rings. The molecule has 10 heteroatoms. The number of hydrogen-bond donors (Lipinski definition) is 1. The number of aliphatic hydroxyl groups excluding tert-OH is 1. The number of nitrogens with zero attached hydrogens (tertiary/aromatic N) is 2. The van der Waals surface area contributed by atoms with E-state index in [1.807, 2.05) is 0 Å². The van der Waals surface area contributed by atoms with Gasteiger partial charge in [0.2, 0.25) is 11.8 Å². The van der Waals surface area contributed by atoms with Gasteiger partial charge in [0.25, 0.3) is 0 Å². The van der Waals surface area contributed by atoms with E-state index in [2.05, 4.69) is 0 Å². The molecule has 7 unspecified atom stereocenters. The predicted octanol–water partition coefficient (Wildman–Crippen LogP) is -0.750. The third-order valence-corrected chi connectivity index (χ3v) is 4.98. The molecule has 3 rings (SSSR count). The van der Waals surface area contributed by atoms with E-state index in [-0.39, 0.29) is 37.3 Å². The van der Waals surface area contributed by atoms with Crippen molar-refractivity contribution in [1.29, 1.82) is 0 Å². The van der Waals surface area contributed by atoms with Crippen LogP contribution in [0.15, 0.2) is 0 Å². The van der Waals surface area contributed by atoms with Gasteiger partial charge in [-0.25, -0.2) is 0 Å². The molecular formula is C17H28N2O8. The summed E-state index contributed by atoms with van der Waals surface area (Å²) >= 11 is 0. The second-order valence-electron chi connectivity index (χ2n) is 7.08. The van der Waals surface area contributed by atoms with Crippen LogP contribution in [0.2, 0.25) is 0 Å². The molecule has 0 saturated carbocycles. The molecule has 0 radical (unpaired) electrons. The van der Waals surface area contributed by atoms with Crippen LogP contribution in [0.4, 0.5) is 0 Å². The average molecular weight is 388 g/mol. The maximum atomic E-state index is 12.3. The minimum atomic E-state index is -0.931. The quantitative estimate of drug-likeness (QED) is 0.593. The van der Waals surface area contributed by atoms with Gasteiger partial charge in [0, 0.05) is 20.5 Å². The highest BCUT2D eigenvalue weighted by atomic mass is 16.8. The van der Waals surface area contributed by atoms with E-state index in [0.717, 1.165) is 0 Å². The van der Waals surface area contributed by atoms with Crippen molar-refractivity contribution >= 4 is 11.8 Å². The Labute approximate surface area is 158 Å². The highest BCUT2D eigenvalue weighted by Crippen LogP contribution is 2.36. The number of ether oxygens (including phenoxy) is 5. The molecule has 3 aliphatic heterocycles. The second-order valence-corrected chi connectivity index (χ2v) is 7.08. The Balaban J connectivity index is 1.47. The van der Waals surface area contributed by atoms with Gasteiger partial charge in [-0.2, -0.15) is 0 Å². The van der Waals surface area contributed by atoms with E-state index in [0.29, 0.717) is 13.0 Å². The number of carbonyl (C=O) groups excluding carboxylic acids is 2. The smallest absolute Gasteiger partial charge is 0.228 e. The van der Waals surface area contributed by atoms with Crippen molar-refractivity contribution in [1.82, 2.24) is 9.80 Å². The monoisotopic (exact) mass is 388 g/mol. The molecule has 7 atom stereocenters. The van der Waals surface area contributed by atoms with Crippen molar-refractivity contribution in [2.24, 2.45) is 0 Å². The number of hydrogen-bond acceptors (Lipinski definition) is 8. The van der Waals surface area contributed by atoms with Crippen LogP contribution in [0.3, 0.4) is 0 Å². The number of amides is 2. The summed E-state index contributed by atoms with van der Waals surface area (Å²) in [5, 5.41) is 10.5. The molecule has 3 saturated heterocycles. The van der Waals surface area contributed by atoms with Gasteiger partial charge in [-0.1, -0.05) is 6.92 Å². The summed E-state index contributed by atoms with van der Waals surface area (Å²) in [6.45, 7) is 4.06. The summed E-state index contributed by atoms with van der Waals surface area (Å²) in [6, 6.07) is 0. The highest BCUT2D eigenvalue weighted by Gasteiger charge is 2.55. The summed E-state index contributed by atoms with van der Waals surface area (Å²) < 4.78 is 27.9. The topological polar surface area (TPSA) is 107 Å². The van der Waals surface area contributed by atoms with Gasteiger partial charge in [-0.15, -0.1) is 0 Å². The van der Waals surface area contributed by atoms with E-state index >= 15 is 0 Å². The fraction of sp³-hybridized carbons (Fsp3) is 0.882. The van der Waals surface area contributed by atoms with Crippen LogP contribution in [-0.2, 0) is 33.3 Å². The molecule has 0 spiro atoms. The lowest BCUT2D eigenvalue weighted by atomic mass is 10.1. The van der Waals surface area contributed by atoms with Crippen molar-refractivity contribution in [3.8, 4) is 0 Å². The molecule has 2 amide bonds. The Hall–Kier alpha value is -1.30. The molecule has 27 heavy (non-hydrogen) atoms. The highest BCUT2D eigenvalue weighted by molar-refractivity contribution is 5.78. The third-order valence-electron chi connectivity index (χ3n) is 4.98. The second kappa shape index (κ2) is 8.38. The fourth-order valence-electron chi connectivity index (χ4n) is 3.45. The first-order valence-electron chi connectivity index (χ1n) is 9.19. The van der Waals surface area contributed by atoms with Crippen LogP contribution in [0.5, 0.6) is 0 Å². The number of fused-ring (bicyclic) bond motifs is 1. The largest absolute Gasteiger partial charge is 0.387 e. The molecule has 0 bridgehead atoms. The lowest BCUT2D eigenvalue weighted by molar-refractivity contribution is -0.193. The summed E-state index contributed by atoms with van der Waals surface area (Å²) in [6.07, 6.45) is -4.15. The Morgan fingerprint density at radius 2 is 1.74 bits per heavy atom. The van der Waals surface area contributed by atoms with Gasteiger partial charge < -0.3 is 38.6 Å². The van der Waals surface area contributed by atoms with Crippen LogP contribution >= 0.6 is 0 Å². The van der Waals surface area contributed by atoms with Crippen molar-refractivity contribution in [3.05, 3.63) is 0 Å². The first-order valence-corrected chi connectivity index (χ1v) is 9.19. The zero-order valence-electron chi connectivity index (χ0n) is 16.1. The van der Waals surface area contributed by atoms with E-state index in [9.17, 15) is 14.7 Å². The maximum Gasteiger partial charge on any atom is 0.228 e. The third kappa shape index (κ3) is 4.41. The minimum Gasteiger partial charge on any atom is -0.387 e. The number of rotatable bonds is 6. The molecule has 154 valence electrons. The molecule has 0 aromatic heterocycles. The molecule has 3 aliphatic rings. The van der Waals surface area contributed by atoms with Gasteiger partial charge in [-0.05, 0) is 6.92 Å². The van der Waals surface area contributed by atoms with Crippen molar-refractivity contribution < 1.29 is 38.4 Å². The summed E-state index contributed by atoms with van der Waals surface area (Å²) in [4.78, 5) is 26.9. The lowest BCUT2D eigenvalue weighted by Gasteiger charge is -2.26. The van der Waals surface area contributed by atoms with Crippen LogP contribution < -0.4 is 0 Å². The Bertz CT molecular complexity index is 561. The molecule has 0 aromatic carbocycles. The zero-order chi connectivity index (χ0) is 19.7. The lowest BCUT2D eigenvalue weighted by Crippen LogP contribution is -2.42. The van der Waals surface area contributed by atoms with Crippen LogP contribution in [0.25, 0.3) is 0 Å². The average Bonchev–Trinajstić information content (AvgIpc) is 3.30. The molecule has 3 heterocycles. The van der Waals surface area contributed by atoms with E-state index in [1.54, 1.807) is 27.9 Å². The minimum absolute atomic E-state index is 0.0293. The summed E-state index contributed by atoms with van der Waals surface area (Å²) in [7, 11) is 3.25. The first kappa shape index (κ1) is 20.4. The normalized spacial score (nSPS) is 38.0. The van der Waals surface area contributed by atoms with Gasteiger partial charge in [0.05, 0.1) is 19.7 Å². The number of carbonyl (C=O) groups is 2. The fourth-order valence-corrected chi connectivity index (χ4v) is 3.45. The first-order chi connectivity index (χ1) is 12.8. The summed E-state index contributed by atoms with van der Waals surface area (Å²) in [5.41, 5.74) is 0. The summed E-state index contributed by atoms with van der Waals surface area (Å²) in [5.74, 6) is -0.282. The standard InChI is InChI=1S/C17H28N2O8/c1-5-11(20)18(3)8-19(4)12(21)6-13-25-16-14(22)15(27-17(16)26-13)10-7-23-9(2)24-10/h9-10,13-17,22H,5-8H2,1-4H3. The van der Waals surface area contributed by atoms with Crippen molar-refractivity contribution in [2.75, 3.05) is 27.4 Å². The molecule has 0 aliphatic carbocycles. The Morgan fingerprint density at radius 1 is 1.04 bits per heavy atom. The van der Waals surface area contributed by atoms with Crippen LogP contribution in [0, 0.1) is 0 Å². The van der Waals surface area contributed by atoms with E-state index in [1.165, 1.54) is 9.80 Å². The van der Waals surface area contributed by atoms with Gasteiger partial charge in [0.1, 0.15) is 24.4 Å².